The zero-order chi connectivity index (χ0) is 49.5. The van der Waals surface area contributed by atoms with Crippen LogP contribution >= 0.6 is 0 Å². The first-order valence-electron chi connectivity index (χ1n) is 26.8. The average molecular weight is 1000 g/mol. The Morgan fingerprint density at radius 3 is 1.01 bits per heavy atom. The Balaban J connectivity index is 0.00000180. The molecule has 0 radical (unpaired) electrons. The molecule has 362 valence electrons. The Kier molecular flexibility index (Phi) is 11.8. The summed E-state index contributed by atoms with van der Waals surface area (Å²) in [6.45, 7) is 28.4. The maximum absolute atomic E-state index is 15.4. The summed E-state index contributed by atoms with van der Waals surface area (Å²) in [6, 6.07) is 28.7. The van der Waals surface area contributed by atoms with Crippen molar-refractivity contribution in [2.75, 3.05) is 0 Å². The van der Waals surface area contributed by atoms with Gasteiger partial charge in [-0.1, -0.05) is 146 Å². The van der Waals surface area contributed by atoms with Crippen molar-refractivity contribution in [1.29, 1.82) is 0 Å². The predicted octanol–water partition coefficient (Wildman–Crippen LogP) is 17.2. The Labute approximate surface area is 428 Å². The number of benzene rings is 4. The Bertz CT molecular complexity index is 2570. The summed E-state index contributed by atoms with van der Waals surface area (Å²) in [5.74, 6) is 1.01. The SMILES string of the molecule is Cc1cc(-c2ccc(C(C)C)cc2-c2cccc(-c3cc(C(C)C)ccc3-c3cc(C)cc(C45CC6(C)CC(C)(CC(C)(C6)C4)C5)c3[O-])n2)c([O-])c(C23CC4(C)CC(C)(CC(C)(C4)C2)C3)c1.[CH3][Zr+2][CH3]. The number of rotatable bonds is 8. The summed E-state index contributed by atoms with van der Waals surface area (Å²) >= 11 is 0.230. The van der Waals surface area contributed by atoms with Crippen LogP contribution in [0.3, 0.4) is 0 Å². The van der Waals surface area contributed by atoms with E-state index in [2.05, 4.69) is 171 Å². The van der Waals surface area contributed by atoms with Crippen LogP contribution < -0.4 is 10.2 Å². The fourth-order valence-corrected chi connectivity index (χ4v) is 19.4. The summed E-state index contributed by atoms with van der Waals surface area (Å²) in [5.41, 5.74) is 15.5. The van der Waals surface area contributed by atoms with E-state index in [0.29, 0.717) is 11.8 Å². The molecule has 0 spiro atoms. The average Bonchev–Trinajstić information content (AvgIpc) is 3.21. The molecule has 8 aliphatic carbocycles. The Morgan fingerprint density at radius 2 is 0.725 bits per heavy atom. The molecule has 3 nitrogen and oxygen atoms in total. The molecule has 8 saturated carbocycles. The molecular weight excluding hydrogens is 918 g/mol. The van der Waals surface area contributed by atoms with Gasteiger partial charge in [-0.2, -0.15) is 0 Å². The minimum atomic E-state index is -0.0987. The molecule has 69 heavy (non-hydrogen) atoms. The van der Waals surface area contributed by atoms with E-state index in [1.165, 1.54) is 49.7 Å². The van der Waals surface area contributed by atoms with Crippen LogP contribution in [-0.4, -0.2) is 4.98 Å². The summed E-state index contributed by atoms with van der Waals surface area (Å²) < 4.78 is 4.59. The van der Waals surface area contributed by atoms with Crippen LogP contribution in [0.25, 0.3) is 44.8 Å². The predicted molar refractivity (Wildman–Crippen MR) is 282 cm³/mol. The molecule has 0 atom stereocenters. The molecule has 0 aliphatic heterocycles. The van der Waals surface area contributed by atoms with E-state index in [9.17, 15) is 0 Å². The number of nitrogens with zero attached hydrogens (tertiary/aromatic N) is 1. The normalized spacial score (nSPS) is 33.7. The second-order valence-electron chi connectivity index (χ2n) is 27.8. The van der Waals surface area contributed by atoms with Gasteiger partial charge in [0.1, 0.15) is 0 Å². The van der Waals surface area contributed by atoms with Crippen LogP contribution in [-0.2, 0) is 34.1 Å². The molecule has 5 aromatic rings. The number of hydrogen-bond acceptors (Lipinski definition) is 3. The Morgan fingerprint density at radius 1 is 0.420 bits per heavy atom. The van der Waals surface area contributed by atoms with Crippen LogP contribution in [0.5, 0.6) is 11.5 Å². The van der Waals surface area contributed by atoms with Gasteiger partial charge in [-0.15, -0.1) is 0 Å². The van der Waals surface area contributed by atoms with Crippen LogP contribution in [0.15, 0.2) is 78.9 Å². The van der Waals surface area contributed by atoms with E-state index in [4.69, 9.17) is 4.98 Å². The van der Waals surface area contributed by atoms with E-state index in [1.807, 2.05) is 0 Å². The first-order chi connectivity index (χ1) is 32.3. The van der Waals surface area contributed by atoms with E-state index in [-0.39, 0.29) is 78.1 Å². The zero-order valence-electron chi connectivity index (χ0n) is 44.9. The fraction of sp³-hybridized carbons (Fsp3) is 0.554. The second kappa shape index (κ2) is 16.5. The molecule has 13 rings (SSSR count). The number of aryl methyl sites for hydroxylation is 2. The number of aromatic nitrogens is 1. The number of pyridine rings is 1. The van der Waals surface area contributed by atoms with Crippen molar-refractivity contribution in [2.24, 2.45) is 32.5 Å². The van der Waals surface area contributed by atoms with Crippen LogP contribution in [0.1, 0.15) is 192 Å². The zero-order valence-corrected chi connectivity index (χ0v) is 47.4. The molecule has 1 heterocycles. The van der Waals surface area contributed by atoms with Crippen molar-refractivity contribution in [1.82, 2.24) is 4.98 Å². The van der Waals surface area contributed by atoms with E-state index in [0.717, 1.165) is 106 Å². The summed E-state index contributed by atoms with van der Waals surface area (Å²) in [7, 11) is 0. The van der Waals surface area contributed by atoms with Gasteiger partial charge in [0.15, 0.2) is 0 Å². The van der Waals surface area contributed by atoms with Crippen molar-refractivity contribution in [3.05, 3.63) is 112 Å². The van der Waals surface area contributed by atoms with Gasteiger partial charge in [0.2, 0.25) is 0 Å². The summed E-state index contributed by atoms with van der Waals surface area (Å²) in [4.78, 5) is 5.59. The monoisotopic (exact) mass is 998 g/mol. The van der Waals surface area contributed by atoms with Crippen molar-refractivity contribution in [3.63, 3.8) is 0 Å². The maximum atomic E-state index is 15.4. The number of hydrogen-bond donors (Lipinski definition) is 0. The molecule has 0 amide bonds. The molecule has 0 saturated heterocycles. The first-order valence-corrected chi connectivity index (χ1v) is 31.7. The van der Waals surface area contributed by atoms with Crippen molar-refractivity contribution >= 4 is 0 Å². The summed E-state index contributed by atoms with van der Waals surface area (Å²) in [5, 5.41) is 30.9. The van der Waals surface area contributed by atoms with Crippen molar-refractivity contribution in [2.45, 2.75) is 192 Å². The first kappa shape index (κ1) is 49.1. The third kappa shape index (κ3) is 8.47. The van der Waals surface area contributed by atoms with Gasteiger partial charge in [0, 0.05) is 11.1 Å². The van der Waals surface area contributed by atoms with Crippen molar-refractivity contribution in [3.8, 4) is 56.3 Å². The molecule has 8 aliphatic rings. The van der Waals surface area contributed by atoms with Gasteiger partial charge < -0.3 is 10.2 Å². The topological polar surface area (TPSA) is 59.0 Å². The summed E-state index contributed by atoms with van der Waals surface area (Å²) in [6.07, 6.45) is 14.3. The molecule has 0 N–H and O–H groups in total. The van der Waals surface area contributed by atoms with Crippen LogP contribution in [0.4, 0.5) is 0 Å². The van der Waals surface area contributed by atoms with E-state index >= 15 is 10.2 Å². The Hall–Kier alpha value is -3.49. The molecule has 8 bridgehead atoms. The van der Waals surface area contributed by atoms with Gasteiger partial charge in [0.25, 0.3) is 0 Å². The van der Waals surface area contributed by atoms with Gasteiger partial charge in [-0.3, -0.25) is 0 Å². The quantitative estimate of drug-likeness (QED) is 0.156. The third-order valence-electron chi connectivity index (χ3n) is 18.6. The van der Waals surface area contributed by atoms with Gasteiger partial charge >= 0.3 is 32.5 Å². The van der Waals surface area contributed by atoms with Gasteiger partial charge in [-0.25, -0.2) is 4.98 Å². The molecular formula is C65H81NO2Zr. The molecule has 1 aromatic heterocycles. The van der Waals surface area contributed by atoms with Crippen LogP contribution in [0, 0.1) is 46.3 Å². The minimum absolute atomic E-state index is 0.0987. The molecule has 4 heteroatoms. The molecule has 8 fully saturated rings. The molecule has 4 aromatic carbocycles. The fourth-order valence-electron chi connectivity index (χ4n) is 19.4. The standard InChI is InChI=1S/C63H77NO2.2CH3.Zr/c1-38(2)42-16-18-44(48-20-40(5)22-50(54(48)65)62-32-56(7)26-57(8,33-62)28-58(9,27-56)34-62)46(24-42)52-14-13-15-53(64-52)47-25-43(39(3)4)17-19-45(47)49-21-41(6)23-51(55(49)66)63-35-59(10)29-60(11,36-63)31-61(12,30-59)37-63;;;/h13-25,38-39,65-66H,26-37H2,1-12H3;2*1H3;/q;;;+2/p-2. The van der Waals surface area contributed by atoms with Gasteiger partial charge in [0.05, 0.1) is 11.4 Å². The van der Waals surface area contributed by atoms with E-state index < -0.39 is 0 Å². The van der Waals surface area contributed by atoms with Gasteiger partial charge in [-0.05, 0) is 215 Å². The third-order valence-corrected chi connectivity index (χ3v) is 18.6. The van der Waals surface area contributed by atoms with E-state index in [1.54, 1.807) is 0 Å². The van der Waals surface area contributed by atoms with Crippen LogP contribution in [0.2, 0.25) is 9.26 Å². The van der Waals surface area contributed by atoms with Crippen molar-refractivity contribution < 1.29 is 33.4 Å². The molecule has 0 unspecified atom stereocenters. The second-order valence-corrected chi connectivity index (χ2v) is 30.2.